The van der Waals surface area contributed by atoms with E-state index in [4.69, 9.17) is 0 Å². The van der Waals surface area contributed by atoms with Gasteiger partial charge in [0.15, 0.2) is 0 Å². The molecule has 0 aliphatic carbocycles. The van der Waals surface area contributed by atoms with Gasteiger partial charge in [-0.25, -0.2) is 0 Å². The average Bonchev–Trinajstić information content (AvgIpc) is 3.38. The summed E-state index contributed by atoms with van der Waals surface area (Å²) in [6.07, 6.45) is 2.38. The van der Waals surface area contributed by atoms with Crippen LogP contribution in [0.1, 0.15) is 34.7 Å². The molecule has 1 aliphatic heterocycles. The van der Waals surface area contributed by atoms with Gasteiger partial charge in [0.25, 0.3) is 5.91 Å². The molecule has 0 spiro atoms. The molecule has 7 nitrogen and oxygen atoms in total. The highest BCUT2D eigenvalue weighted by Crippen LogP contribution is 2.29. The highest BCUT2D eigenvalue weighted by molar-refractivity contribution is 6.05. The maximum Gasteiger partial charge on any atom is 0.273 e. The fourth-order valence-corrected chi connectivity index (χ4v) is 3.71. The van der Waals surface area contributed by atoms with Crippen LogP contribution in [0.5, 0.6) is 0 Å². The second-order valence-electron chi connectivity index (χ2n) is 7.00. The Hall–Kier alpha value is -3.09. The number of para-hydroxylation sites is 2. The van der Waals surface area contributed by atoms with Crippen LogP contribution >= 0.6 is 0 Å². The van der Waals surface area contributed by atoms with Gasteiger partial charge in [0.2, 0.25) is 0 Å². The molecule has 2 aromatic heterocycles. The molecular formula is C20H24N6O. The largest absolute Gasteiger partial charge is 0.370 e. The van der Waals surface area contributed by atoms with E-state index in [2.05, 4.69) is 31.6 Å². The summed E-state index contributed by atoms with van der Waals surface area (Å²) in [5, 5.41) is 14.7. The summed E-state index contributed by atoms with van der Waals surface area (Å²) in [5.41, 5.74) is 5.94. The van der Waals surface area contributed by atoms with Crippen LogP contribution in [0.3, 0.4) is 0 Å². The van der Waals surface area contributed by atoms with Gasteiger partial charge in [0.05, 0.1) is 22.8 Å². The molecule has 2 N–H and O–H groups in total. The predicted molar refractivity (Wildman–Crippen MR) is 106 cm³/mol. The van der Waals surface area contributed by atoms with Crippen LogP contribution in [0.25, 0.3) is 11.3 Å². The van der Waals surface area contributed by atoms with Crippen molar-refractivity contribution in [3.05, 3.63) is 47.4 Å². The second kappa shape index (κ2) is 6.90. The molecule has 1 aromatic carbocycles. The number of hydrogen-bond acceptors (Lipinski definition) is 4. The first-order valence-electron chi connectivity index (χ1n) is 9.26. The van der Waals surface area contributed by atoms with Crippen molar-refractivity contribution in [1.82, 2.24) is 20.0 Å². The number of aryl methyl sites for hydroxylation is 2. The zero-order valence-corrected chi connectivity index (χ0v) is 15.9. The summed E-state index contributed by atoms with van der Waals surface area (Å²) >= 11 is 0. The number of hydrogen-bond donors (Lipinski definition) is 2. The van der Waals surface area contributed by atoms with Gasteiger partial charge in [0.1, 0.15) is 5.69 Å². The highest BCUT2D eigenvalue weighted by Gasteiger charge is 2.20. The Labute approximate surface area is 158 Å². The smallest absolute Gasteiger partial charge is 0.273 e. The molecule has 3 heterocycles. The molecule has 0 atom stereocenters. The van der Waals surface area contributed by atoms with Gasteiger partial charge < -0.3 is 10.2 Å². The minimum Gasteiger partial charge on any atom is -0.370 e. The van der Waals surface area contributed by atoms with Crippen molar-refractivity contribution in [2.45, 2.75) is 26.7 Å². The first-order chi connectivity index (χ1) is 13.0. The number of anilines is 2. The van der Waals surface area contributed by atoms with E-state index in [-0.39, 0.29) is 5.91 Å². The van der Waals surface area contributed by atoms with Gasteiger partial charge in [-0.3, -0.25) is 14.6 Å². The van der Waals surface area contributed by atoms with Crippen molar-refractivity contribution in [3.8, 4) is 11.3 Å². The number of rotatable bonds is 4. The molecule has 0 bridgehead atoms. The van der Waals surface area contributed by atoms with Gasteiger partial charge >= 0.3 is 0 Å². The Morgan fingerprint density at radius 3 is 2.63 bits per heavy atom. The Morgan fingerprint density at radius 2 is 1.93 bits per heavy atom. The minimum absolute atomic E-state index is 0.195. The van der Waals surface area contributed by atoms with E-state index in [9.17, 15) is 4.79 Å². The summed E-state index contributed by atoms with van der Waals surface area (Å²) in [5.74, 6) is -0.195. The standard InChI is InChI=1S/C20H24N6O/c1-13-19(14(2)25(3)24-13)16-12-17(23-22-16)20(27)21-15-8-4-5-9-18(15)26-10-6-7-11-26/h4-5,8-9,12H,6-7,10-11H2,1-3H3,(H,21,27)(H,22,23). The Morgan fingerprint density at radius 1 is 1.19 bits per heavy atom. The molecule has 1 amide bonds. The molecule has 27 heavy (non-hydrogen) atoms. The molecule has 0 unspecified atom stereocenters. The number of H-pyrrole nitrogens is 1. The zero-order valence-electron chi connectivity index (χ0n) is 15.9. The molecule has 1 fully saturated rings. The number of carbonyl (C=O) groups excluding carboxylic acids is 1. The lowest BCUT2D eigenvalue weighted by Crippen LogP contribution is -2.21. The van der Waals surface area contributed by atoms with Gasteiger partial charge in [0, 0.05) is 31.4 Å². The van der Waals surface area contributed by atoms with E-state index in [1.807, 2.05) is 43.8 Å². The van der Waals surface area contributed by atoms with Gasteiger partial charge in [-0.05, 0) is 44.9 Å². The zero-order chi connectivity index (χ0) is 19.0. The van der Waals surface area contributed by atoms with Crippen LogP contribution < -0.4 is 10.2 Å². The van der Waals surface area contributed by atoms with Crippen molar-refractivity contribution < 1.29 is 4.79 Å². The van der Waals surface area contributed by atoms with Crippen molar-refractivity contribution in [2.24, 2.45) is 7.05 Å². The lowest BCUT2D eigenvalue weighted by molar-refractivity contribution is 0.102. The summed E-state index contributed by atoms with van der Waals surface area (Å²) in [6.45, 7) is 6.00. The molecule has 140 valence electrons. The number of amides is 1. The molecular weight excluding hydrogens is 340 g/mol. The van der Waals surface area contributed by atoms with Crippen LogP contribution in [0.15, 0.2) is 30.3 Å². The Bertz CT molecular complexity index is 980. The molecule has 7 heteroatoms. The van der Waals surface area contributed by atoms with Crippen LogP contribution in [-0.2, 0) is 7.05 Å². The van der Waals surface area contributed by atoms with E-state index in [1.54, 1.807) is 6.07 Å². The van der Waals surface area contributed by atoms with E-state index in [1.165, 1.54) is 12.8 Å². The van der Waals surface area contributed by atoms with Gasteiger partial charge in [-0.1, -0.05) is 12.1 Å². The number of aromatic amines is 1. The van der Waals surface area contributed by atoms with Gasteiger partial charge in [-0.15, -0.1) is 0 Å². The van der Waals surface area contributed by atoms with Crippen molar-refractivity contribution in [2.75, 3.05) is 23.3 Å². The third kappa shape index (κ3) is 3.20. The fourth-order valence-electron chi connectivity index (χ4n) is 3.71. The van der Waals surface area contributed by atoms with Crippen molar-refractivity contribution >= 4 is 17.3 Å². The topological polar surface area (TPSA) is 78.8 Å². The summed E-state index contributed by atoms with van der Waals surface area (Å²) in [7, 11) is 1.90. The maximum absolute atomic E-state index is 12.8. The van der Waals surface area contributed by atoms with Crippen LogP contribution in [0.2, 0.25) is 0 Å². The Balaban J connectivity index is 1.58. The third-order valence-corrected chi connectivity index (χ3v) is 5.19. The van der Waals surface area contributed by atoms with Crippen molar-refractivity contribution in [1.29, 1.82) is 0 Å². The predicted octanol–water partition coefficient (Wildman–Crippen LogP) is 3.28. The number of nitrogens with zero attached hydrogens (tertiary/aromatic N) is 4. The minimum atomic E-state index is -0.195. The number of aromatic nitrogens is 4. The maximum atomic E-state index is 12.8. The molecule has 0 saturated carbocycles. The third-order valence-electron chi connectivity index (χ3n) is 5.19. The lowest BCUT2D eigenvalue weighted by atomic mass is 10.1. The fraction of sp³-hybridized carbons (Fsp3) is 0.350. The van der Waals surface area contributed by atoms with Gasteiger partial charge in [-0.2, -0.15) is 10.2 Å². The Kier molecular flexibility index (Phi) is 4.43. The molecule has 1 saturated heterocycles. The van der Waals surface area contributed by atoms with Crippen LogP contribution in [0.4, 0.5) is 11.4 Å². The van der Waals surface area contributed by atoms with Crippen LogP contribution in [-0.4, -0.2) is 39.0 Å². The first-order valence-corrected chi connectivity index (χ1v) is 9.26. The summed E-state index contributed by atoms with van der Waals surface area (Å²) < 4.78 is 1.82. The lowest BCUT2D eigenvalue weighted by Gasteiger charge is -2.21. The average molecular weight is 364 g/mol. The number of benzene rings is 1. The summed E-state index contributed by atoms with van der Waals surface area (Å²) in [4.78, 5) is 15.1. The van der Waals surface area contributed by atoms with E-state index in [0.717, 1.165) is 47.1 Å². The first kappa shape index (κ1) is 17.3. The summed E-state index contributed by atoms with van der Waals surface area (Å²) in [6, 6.07) is 9.73. The molecule has 0 radical (unpaired) electrons. The molecule has 3 aromatic rings. The SMILES string of the molecule is Cc1nn(C)c(C)c1-c1cc(C(=O)Nc2ccccc2N2CCCC2)[nH]n1. The van der Waals surface area contributed by atoms with Crippen LogP contribution in [0, 0.1) is 13.8 Å². The quantitative estimate of drug-likeness (QED) is 0.745. The second-order valence-corrected chi connectivity index (χ2v) is 7.00. The number of nitrogens with one attached hydrogen (secondary N) is 2. The van der Waals surface area contributed by atoms with E-state index < -0.39 is 0 Å². The van der Waals surface area contributed by atoms with E-state index in [0.29, 0.717) is 5.69 Å². The molecule has 1 aliphatic rings. The molecule has 4 rings (SSSR count). The van der Waals surface area contributed by atoms with E-state index >= 15 is 0 Å². The van der Waals surface area contributed by atoms with Crippen molar-refractivity contribution in [3.63, 3.8) is 0 Å². The monoisotopic (exact) mass is 364 g/mol. The number of carbonyl (C=O) groups is 1. The normalized spacial score (nSPS) is 14.0. The highest BCUT2D eigenvalue weighted by atomic mass is 16.1.